The van der Waals surface area contributed by atoms with Crippen LogP contribution in [0.1, 0.15) is 132 Å². The number of hydrogen-bond acceptors (Lipinski definition) is 13. The van der Waals surface area contributed by atoms with Crippen LogP contribution in [0.4, 0.5) is 4.79 Å². The Morgan fingerprint density at radius 2 is 1.79 bits per heavy atom. The Balaban J connectivity index is 1.49. The van der Waals surface area contributed by atoms with Crippen molar-refractivity contribution in [3.63, 3.8) is 0 Å². The number of fused-ring (bicyclic) bond motifs is 1. The van der Waals surface area contributed by atoms with E-state index in [0.29, 0.717) is 49.7 Å². The molecular formula is C45H72N8O9S. The summed E-state index contributed by atoms with van der Waals surface area (Å²) in [6.45, 7) is 14.9. The number of aromatic hydroxyl groups is 1. The highest BCUT2D eigenvalue weighted by Gasteiger charge is 2.39. The second-order valence-electron chi connectivity index (χ2n) is 17.1. The van der Waals surface area contributed by atoms with Crippen LogP contribution < -0.4 is 27.2 Å². The first-order valence-electron chi connectivity index (χ1n) is 22.7. The second kappa shape index (κ2) is 25.8. The van der Waals surface area contributed by atoms with Crippen molar-refractivity contribution in [1.82, 2.24) is 36.3 Å². The van der Waals surface area contributed by atoms with Crippen molar-refractivity contribution >= 4 is 41.1 Å². The molecule has 1 saturated heterocycles. The van der Waals surface area contributed by atoms with E-state index >= 15 is 0 Å². The van der Waals surface area contributed by atoms with Gasteiger partial charge >= 0.3 is 6.09 Å². The number of likely N-dealkylation sites (N-methyl/N-ethyl adjacent to an activating group) is 1. The lowest BCUT2D eigenvalue weighted by molar-refractivity contribution is -0.143. The molecule has 0 radical (unpaired) electrons. The first-order chi connectivity index (χ1) is 30.2. The van der Waals surface area contributed by atoms with Gasteiger partial charge in [0.2, 0.25) is 17.7 Å². The molecule has 0 saturated carbocycles. The van der Waals surface area contributed by atoms with Gasteiger partial charge < -0.3 is 40.6 Å². The maximum atomic E-state index is 14.7. The number of nitrogens with one attached hydrogen (secondary N) is 4. The summed E-state index contributed by atoms with van der Waals surface area (Å²) in [5.74, 6) is -2.04. The van der Waals surface area contributed by atoms with E-state index < -0.39 is 42.0 Å². The summed E-state index contributed by atoms with van der Waals surface area (Å²) in [4.78, 5) is 76.7. The minimum atomic E-state index is -0.872. The van der Waals surface area contributed by atoms with E-state index in [2.05, 4.69) is 40.2 Å². The largest absolute Gasteiger partial charge is 0.508 e. The molecule has 2 heterocycles. The quantitative estimate of drug-likeness (QED) is 0.0668. The van der Waals surface area contributed by atoms with Crippen LogP contribution >= 0.6 is 11.3 Å². The maximum Gasteiger partial charge on any atom is 0.426 e. The van der Waals surface area contributed by atoms with Crippen molar-refractivity contribution in [2.45, 2.75) is 136 Å². The number of benzene rings is 1. The third kappa shape index (κ3) is 14.8. The van der Waals surface area contributed by atoms with E-state index in [9.17, 15) is 29.1 Å². The van der Waals surface area contributed by atoms with Crippen molar-refractivity contribution in [3.05, 3.63) is 45.4 Å². The fourth-order valence-corrected chi connectivity index (χ4v) is 9.16. The summed E-state index contributed by atoms with van der Waals surface area (Å²) in [5.41, 5.74) is 11.6. The third-order valence-electron chi connectivity index (χ3n) is 11.9. The van der Waals surface area contributed by atoms with Gasteiger partial charge in [-0.2, -0.15) is 0 Å². The molecule has 5 amide bonds. The monoisotopic (exact) mass is 901 g/mol. The molecule has 63 heavy (non-hydrogen) atoms. The molecule has 0 spiro atoms. The number of piperidine rings is 1. The topological polar surface area (TPSA) is 227 Å². The number of nitrogens with zero attached hydrogens (tertiary/aromatic N) is 3. The Bertz CT molecular complexity index is 1800. The lowest BCUT2D eigenvalue weighted by Crippen LogP contribution is -2.58. The average molecular weight is 901 g/mol. The summed E-state index contributed by atoms with van der Waals surface area (Å²) in [7, 11) is 1.97. The van der Waals surface area contributed by atoms with Gasteiger partial charge in [-0.1, -0.05) is 60.5 Å². The number of hydrogen-bond donors (Lipinski definition) is 6. The van der Waals surface area contributed by atoms with Crippen molar-refractivity contribution < 1.29 is 43.3 Å². The number of nitrogens with two attached hydrogens (primary N) is 1. The molecule has 0 bridgehead atoms. The smallest absolute Gasteiger partial charge is 0.426 e. The van der Waals surface area contributed by atoms with Gasteiger partial charge in [0.1, 0.15) is 35.2 Å². The van der Waals surface area contributed by atoms with Gasteiger partial charge in [-0.15, -0.1) is 11.3 Å². The molecule has 1 aliphatic carbocycles. The number of phenolic OH excluding ortho intramolecular Hbond substituents is 1. The van der Waals surface area contributed by atoms with E-state index in [1.54, 1.807) is 11.4 Å². The van der Waals surface area contributed by atoms with Crippen LogP contribution in [0.15, 0.2) is 23.6 Å². The van der Waals surface area contributed by atoms with Crippen LogP contribution in [0.3, 0.4) is 0 Å². The van der Waals surface area contributed by atoms with E-state index in [4.69, 9.17) is 24.9 Å². The van der Waals surface area contributed by atoms with Crippen LogP contribution in [-0.2, 0) is 35.0 Å². The Kier molecular flexibility index (Phi) is 21.0. The normalized spacial score (nSPS) is 19.5. The molecule has 2 aliphatic rings. The highest BCUT2D eigenvalue weighted by Crippen LogP contribution is 2.35. The van der Waals surface area contributed by atoms with Gasteiger partial charge in [-0.3, -0.25) is 29.5 Å². The molecule has 7 atom stereocenters. The number of rotatable bonds is 23. The van der Waals surface area contributed by atoms with Crippen LogP contribution in [0.2, 0.25) is 0 Å². The molecule has 7 N–H and O–H groups in total. The summed E-state index contributed by atoms with van der Waals surface area (Å²) in [6.07, 6.45) is 4.65. The van der Waals surface area contributed by atoms with Gasteiger partial charge in [0.15, 0.2) is 0 Å². The maximum absolute atomic E-state index is 14.7. The first kappa shape index (κ1) is 51.3. The highest BCUT2D eigenvalue weighted by molar-refractivity contribution is 7.09. The number of hydrazine groups is 1. The lowest BCUT2D eigenvalue weighted by atomic mass is 9.79. The van der Waals surface area contributed by atoms with Crippen molar-refractivity contribution in [1.29, 1.82) is 0 Å². The number of thiazole rings is 1. The van der Waals surface area contributed by atoms with Crippen molar-refractivity contribution in [2.75, 3.05) is 53.1 Å². The van der Waals surface area contributed by atoms with Crippen LogP contribution in [0.5, 0.6) is 5.75 Å². The van der Waals surface area contributed by atoms with Gasteiger partial charge in [-0.05, 0) is 87.2 Å². The molecule has 4 rings (SSSR count). The minimum absolute atomic E-state index is 0.0135. The molecule has 1 aliphatic heterocycles. The fourth-order valence-electron chi connectivity index (χ4n) is 8.30. The van der Waals surface area contributed by atoms with E-state index in [1.807, 2.05) is 39.6 Å². The summed E-state index contributed by atoms with van der Waals surface area (Å²) in [6, 6.07) is 3.09. The zero-order chi connectivity index (χ0) is 46.1. The van der Waals surface area contributed by atoms with Crippen LogP contribution in [0, 0.1) is 11.8 Å². The van der Waals surface area contributed by atoms with E-state index in [1.165, 1.54) is 23.5 Å². The van der Waals surface area contributed by atoms with E-state index in [-0.39, 0.29) is 66.8 Å². The average Bonchev–Trinajstić information content (AvgIpc) is 3.77. The third-order valence-corrected chi connectivity index (χ3v) is 12.9. The van der Waals surface area contributed by atoms with Crippen molar-refractivity contribution in [2.24, 2.45) is 17.6 Å². The molecule has 18 heteroatoms. The fraction of sp³-hybridized carbons (Fsp3) is 0.689. The molecule has 1 aromatic heterocycles. The zero-order valence-corrected chi connectivity index (χ0v) is 39.1. The molecular weight excluding hydrogens is 829 g/mol. The molecule has 352 valence electrons. The first-order valence-corrected chi connectivity index (χ1v) is 23.6. The second-order valence-corrected chi connectivity index (χ2v) is 18.0. The van der Waals surface area contributed by atoms with Gasteiger partial charge in [0, 0.05) is 43.6 Å². The van der Waals surface area contributed by atoms with Crippen LogP contribution in [0.25, 0.3) is 0 Å². The number of likely N-dealkylation sites (tertiary alicyclic amines) is 1. The predicted octanol–water partition coefficient (Wildman–Crippen LogP) is 4.55. The van der Waals surface area contributed by atoms with Gasteiger partial charge in [-0.25, -0.2) is 15.2 Å². The molecule has 1 fully saturated rings. The number of carbonyl (C=O) groups is 5. The molecule has 1 unspecified atom stereocenters. The zero-order valence-electron chi connectivity index (χ0n) is 38.3. The van der Waals surface area contributed by atoms with Crippen molar-refractivity contribution in [3.8, 4) is 5.75 Å². The number of ether oxygens (including phenoxy) is 3. The Hall–Kier alpha value is -4.36. The number of amides is 5. The number of carbonyl (C=O) groups excluding carboxylic acids is 5. The highest BCUT2D eigenvalue weighted by atomic mass is 32.1. The Labute approximate surface area is 376 Å². The standard InChI is InChI=1S/C45H72N8O9S/c1-8-17-53(44(58)39(29(6)10-3)49-42(57)36-13-11-12-18-52(36)7)37(28(4)5)26-38(61-19-9-2)43-48-35(27-63-43)41(56)47-31-23-30-14-15-32(54)25-33(30)34(24-31)40(55)50-51-45(59)62-22-21-60-20-16-46/h14-15,25,27-29,31,34,36-39,54H,8-13,16-24,26,46H2,1-7H3,(H,47,56)(H,49,57)(H,50,55)(H,51,59)/t29-,31?,34+,36+,37+,38+,39-/m0/s1. The number of aromatic nitrogens is 1. The summed E-state index contributed by atoms with van der Waals surface area (Å²) >= 11 is 1.32. The summed E-state index contributed by atoms with van der Waals surface area (Å²) < 4.78 is 16.7. The Morgan fingerprint density at radius 1 is 1.02 bits per heavy atom. The van der Waals surface area contributed by atoms with Gasteiger partial charge in [0.25, 0.3) is 5.91 Å². The number of phenols is 1. The molecule has 2 aromatic rings. The Morgan fingerprint density at radius 3 is 2.48 bits per heavy atom. The predicted molar refractivity (Wildman–Crippen MR) is 241 cm³/mol. The minimum Gasteiger partial charge on any atom is -0.508 e. The molecule has 1 aromatic carbocycles. The van der Waals surface area contributed by atoms with Crippen LogP contribution in [-0.4, -0.2) is 127 Å². The SMILES string of the molecule is CCCO[C@H](C[C@H](C(C)C)N(CCC)C(=O)[C@@H](NC(=O)[C@H]1CCCCN1C)[C@@H](C)CC)c1nc(C(=O)NC2Cc3ccc(O)cc3[C@H](C(=O)NNC(=O)OCCOCCN)C2)cs1. The lowest BCUT2D eigenvalue weighted by Gasteiger charge is -2.40. The summed E-state index contributed by atoms with van der Waals surface area (Å²) in [5, 5.41) is 18.8. The van der Waals surface area contributed by atoms with E-state index in [0.717, 1.165) is 50.6 Å². The molecule has 17 nitrogen and oxygen atoms in total. The van der Waals surface area contributed by atoms with Gasteiger partial charge in [0.05, 0.1) is 25.2 Å².